The molecule has 0 spiro atoms. The van der Waals surface area contributed by atoms with E-state index in [9.17, 15) is 0 Å². The molecule has 0 amide bonds. The van der Waals surface area contributed by atoms with Gasteiger partial charge in [-0.1, -0.05) is 127 Å². The lowest BCUT2D eigenvalue weighted by atomic mass is 9.91. The van der Waals surface area contributed by atoms with Crippen molar-refractivity contribution in [1.82, 2.24) is 0 Å². The molecule has 3 saturated heterocycles. The van der Waals surface area contributed by atoms with E-state index in [1.165, 1.54) is 0 Å². The zero-order chi connectivity index (χ0) is 50.8. The number of rotatable bonds is 43. The van der Waals surface area contributed by atoms with E-state index in [4.69, 9.17) is 66.3 Å². The lowest BCUT2D eigenvalue weighted by Crippen LogP contribution is -2.67. The standard InChI is InChI=1S/C56H108O14/c1-12-21-30-57-39-44-49(62-35-26-17-6)47(60-33-24-15-4)42(10)55(67-44)70-54-53(65-38-29-20-9)50(63-36-27-18-7)45(40-58-31-22-13-2)68-56(54)69-51-46(41-59-32-23-14-3)66-43(11)48(61-34-25-16-5)52(51)64-37-28-19-8/h42-56H,12-41H2,1-11H3/t42?,43-,44?,45?,46?,47-,48?,49-,50-,51-,52-,53+,54?,55+,56-/m1/s1. The fourth-order valence-electron chi connectivity index (χ4n) is 9.08. The van der Waals surface area contributed by atoms with Gasteiger partial charge < -0.3 is 66.3 Å². The van der Waals surface area contributed by atoms with Gasteiger partial charge in [0.25, 0.3) is 0 Å². The minimum Gasteiger partial charge on any atom is -0.379 e. The van der Waals surface area contributed by atoms with Crippen LogP contribution in [0.5, 0.6) is 0 Å². The zero-order valence-corrected chi connectivity index (χ0v) is 46.6. The number of hydrogen-bond acceptors (Lipinski definition) is 14. The van der Waals surface area contributed by atoms with Crippen LogP contribution < -0.4 is 0 Å². The number of ether oxygens (including phenoxy) is 14. The van der Waals surface area contributed by atoms with E-state index < -0.39 is 61.4 Å². The highest BCUT2D eigenvalue weighted by Crippen LogP contribution is 2.39. The van der Waals surface area contributed by atoms with Gasteiger partial charge in [0.05, 0.1) is 32.0 Å². The van der Waals surface area contributed by atoms with Crippen LogP contribution in [0, 0.1) is 5.92 Å². The molecular formula is C56H108O14. The van der Waals surface area contributed by atoms with Crippen molar-refractivity contribution in [2.45, 2.75) is 278 Å². The quantitative estimate of drug-likeness (QED) is 0.0537. The Bertz CT molecular complexity index is 1200. The predicted octanol–water partition coefficient (Wildman–Crippen LogP) is 11.2. The lowest BCUT2D eigenvalue weighted by Gasteiger charge is -2.52. The Balaban J connectivity index is 2.25. The third kappa shape index (κ3) is 22.3. The minimum atomic E-state index is -0.987. The zero-order valence-electron chi connectivity index (χ0n) is 46.6. The Morgan fingerprint density at radius 2 is 0.586 bits per heavy atom. The summed E-state index contributed by atoms with van der Waals surface area (Å²) in [4.78, 5) is 0. The van der Waals surface area contributed by atoms with Gasteiger partial charge in [0.15, 0.2) is 12.6 Å². The third-order valence-electron chi connectivity index (χ3n) is 13.6. The van der Waals surface area contributed by atoms with Gasteiger partial charge in [-0.2, -0.15) is 0 Å². The maximum absolute atomic E-state index is 7.51. The number of unbranched alkanes of at least 4 members (excludes halogenated alkanes) is 9. The summed E-state index contributed by atoms with van der Waals surface area (Å²) in [5.74, 6) is -0.248. The lowest BCUT2D eigenvalue weighted by molar-refractivity contribution is -0.388. The van der Waals surface area contributed by atoms with Gasteiger partial charge >= 0.3 is 0 Å². The summed E-state index contributed by atoms with van der Waals surface area (Å²) in [6.45, 7) is 30.0. The van der Waals surface area contributed by atoms with Crippen molar-refractivity contribution in [1.29, 1.82) is 0 Å². The molecule has 3 aliphatic heterocycles. The van der Waals surface area contributed by atoms with E-state index in [-0.39, 0.29) is 30.3 Å². The highest BCUT2D eigenvalue weighted by molar-refractivity contribution is 4.99. The van der Waals surface area contributed by atoms with Crippen molar-refractivity contribution in [2.75, 3.05) is 79.3 Å². The van der Waals surface area contributed by atoms with Crippen LogP contribution in [0.25, 0.3) is 0 Å². The molecule has 0 aromatic heterocycles. The van der Waals surface area contributed by atoms with Gasteiger partial charge in [-0.15, -0.1) is 0 Å². The molecule has 0 aromatic carbocycles. The number of hydrogen-bond donors (Lipinski definition) is 0. The van der Waals surface area contributed by atoms with Crippen molar-refractivity contribution >= 4 is 0 Å². The fraction of sp³-hybridized carbons (Fsp3) is 1.00. The Hall–Kier alpha value is -0.560. The van der Waals surface area contributed by atoms with Crippen LogP contribution in [-0.4, -0.2) is 165 Å². The summed E-state index contributed by atoms with van der Waals surface area (Å²) in [5, 5.41) is 0. The first-order valence-electron chi connectivity index (χ1n) is 29.0. The smallest absolute Gasteiger partial charge is 0.187 e. The SMILES string of the molecule is CCCCOCC1O[C@@H](OC2[C@@H](O[C@@H]3C(COCCCC)O[C@H](C)C(OCCCC)[C@H]3OCCCC)OC(COCCCC)[C@@H](OCCCC)[C@@H]2OCCCC)C(C)[C@@H](OCCCC)[C@@H]1OCCCC. The molecule has 3 rings (SSSR count). The molecule has 0 N–H and O–H groups in total. The monoisotopic (exact) mass is 1000 g/mol. The first-order chi connectivity index (χ1) is 34.3. The van der Waals surface area contributed by atoms with Crippen molar-refractivity contribution in [3.05, 3.63) is 0 Å². The molecule has 70 heavy (non-hydrogen) atoms. The molecule has 0 radical (unpaired) electrons. The van der Waals surface area contributed by atoms with E-state index in [0.29, 0.717) is 79.3 Å². The molecule has 0 aromatic rings. The Morgan fingerprint density at radius 1 is 0.286 bits per heavy atom. The topological polar surface area (TPSA) is 129 Å². The molecule has 3 aliphatic rings. The van der Waals surface area contributed by atoms with E-state index >= 15 is 0 Å². The van der Waals surface area contributed by atoms with Crippen LogP contribution in [-0.2, 0) is 66.3 Å². The minimum absolute atomic E-state index is 0.248. The second-order valence-electron chi connectivity index (χ2n) is 19.9. The maximum Gasteiger partial charge on any atom is 0.187 e. The first kappa shape index (κ1) is 63.7. The van der Waals surface area contributed by atoms with E-state index in [1.54, 1.807) is 0 Å². The molecule has 0 aliphatic carbocycles. The fourth-order valence-corrected chi connectivity index (χ4v) is 9.08. The largest absolute Gasteiger partial charge is 0.379 e. The molecule has 0 bridgehead atoms. The summed E-state index contributed by atoms with van der Waals surface area (Å²) in [5.41, 5.74) is 0. The van der Waals surface area contributed by atoms with Crippen molar-refractivity contribution in [3.63, 3.8) is 0 Å². The van der Waals surface area contributed by atoms with Crippen LogP contribution in [0.4, 0.5) is 0 Å². The van der Waals surface area contributed by atoms with Gasteiger partial charge in [0.2, 0.25) is 0 Å². The first-order valence-corrected chi connectivity index (χ1v) is 29.0. The van der Waals surface area contributed by atoms with Gasteiger partial charge in [-0.3, -0.25) is 0 Å². The molecule has 0 saturated carbocycles. The summed E-state index contributed by atoms with van der Waals surface area (Å²) in [7, 11) is 0. The highest BCUT2D eigenvalue weighted by Gasteiger charge is 2.56. The molecule has 14 heteroatoms. The van der Waals surface area contributed by atoms with Crippen LogP contribution in [0.2, 0.25) is 0 Å². The van der Waals surface area contributed by atoms with Gasteiger partial charge in [0, 0.05) is 65.4 Å². The average molecular weight is 1010 g/mol. The summed E-state index contributed by atoms with van der Waals surface area (Å²) >= 11 is 0. The Kier molecular flexibility index (Phi) is 36.2. The van der Waals surface area contributed by atoms with Crippen molar-refractivity contribution in [3.8, 4) is 0 Å². The molecular weight excluding hydrogens is 897 g/mol. The second kappa shape index (κ2) is 39.8. The maximum atomic E-state index is 7.51. The summed E-state index contributed by atoms with van der Waals surface area (Å²) < 4.78 is 96.5. The Morgan fingerprint density at radius 3 is 1.00 bits per heavy atom. The molecule has 3 fully saturated rings. The normalized spacial score (nSPS) is 31.7. The predicted molar refractivity (Wildman–Crippen MR) is 276 cm³/mol. The van der Waals surface area contributed by atoms with Gasteiger partial charge in [-0.05, 0) is 64.7 Å². The van der Waals surface area contributed by atoms with Crippen LogP contribution in [0.15, 0.2) is 0 Å². The van der Waals surface area contributed by atoms with Crippen molar-refractivity contribution < 1.29 is 66.3 Å². The molecule has 416 valence electrons. The van der Waals surface area contributed by atoms with Crippen molar-refractivity contribution in [2.24, 2.45) is 5.92 Å². The third-order valence-corrected chi connectivity index (χ3v) is 13.6. The average Bonchev–Trinajstić information content (AvgIpc) is 3.35. The highest BCUT2D eigenvalue weighted by atomic mass is 16.8. The summed E-state index contributed by atoms with van der Waals surface area (Å²) in [6.07, 6.45) is 9.71. The molecule has 3 heterocycles. The van der Waals surface area contributed by atoms with Gasteiger partial charge in [-0.25, -0.2) is 0 Å². The molecule has 14 nitrogen and oxygen atoms in total. The van der Waals surface area contributed by atoms with E-state index in [2.05, 4.69) is 76.2 Å². The second-order valence-corrected chi connectivity index (χ2v) is 19.9. The van der Waals surface area contributed by atoms with Crippen LogP contribution >= 0.6 is 0 Å². The van der Waals surface area contributed by atoms with Crippen LogP contribution in [0.3, 0.4) is 0 Å². The molecule has 6 unspecified atom stereocenters. The van der Waals surface area contributed by atoms with Gasteiger partial charge in [0.1, 0.15) is 61.0 Å². The molecule has 15 atom stereocenters. The Labute approximate surface area is 427 Å². The van der Waals surface area contributed by atoms with E-state index in [1.807, 2.05) is 0 Å². The van der Waals surface area contributed by atoms with E-state index in [0.717, 1.165) is 116 Å². The van der Waals surface area contributed by atoms with Crippen LogP contribution in [0.1, 0.15) is 192 Å². The summed E-state index contributed by atoms with van der Waals surface area (Å²) in [6, 6.07) is 0.